The highest BCUT2D eigenvalue weighted by atomic mass is 16.5. The third-order valence-corrected chi connectivity index (χ3v) is 4.17. The van der Waals surface area contributed by atoms with E-state index in [0.717, 1.165) is 17.0 Å². The van der Waals surface area contributed by atoms with Gasteiger partial charge < -0.3 is 24.8 Å². The molecule has 0 saturated heterocycles. The van der Waals surface area contributed by atoms with E-state index in [0.29, 0.717) is 35.7 Å². The van der Waals surface area contributed by atoms with Crippen LogP contribution in [0.25, 0.3) is 11.4 Å². The highest BCUT2D eigenvalue weighted by molar-refractivity contribution is 5.93. The van der Waals surface area contributed by atoms with Crippen LogP contribution in [0.3, 0.4) is 0 Å². The van der Waals surface area contributed by atoms with Gasteiger partial charge in [0, 0.05) is 24.4 Å². The van der Waals surface area contributed by atoms with E-state index in [1.807, 2.05) is 42.5 Å². The molecule has 0 saturated carbocycles. The highest BCUT2D eigenvalue weighted by Crippen LogP contribution is 2.29. The standard InChI is InChI=1S/C20H24N6O3/c1-21-20(23-14-7-10-16(28-3)17(11-14)29-4)22-12-18-24-19(26-25-18)13-5-8-15(27-2)9-6-13/h5-11H,12H2,1-4H3,(H2,21,22,23)(H,24,25,26). The topological polar surface area (TPSA) is 106 Å². The smallest absolute Gasteiger partial charge is 0.195 e. The minimum absolute atomic E-state index is 0.427. The molecule has 0 aliphatic heterocycles. The van der Waals surface area contributed by atoms with E-state index in [2.05, 4.69) is 30.8 Å². The Morgan fingerprint density at radius 1 is 1.00 bits per heavy atom. The van der Waals surface area contributed by atoms with Crippen molar-refractivity contribution in [1.29, 1.82) is 0 Å². The van der Waals surface area contributed by atoms with Crippen LogP contribution in [-0.4, -0.2) is 49.5 Å². The van der Waals surface area contributed by atoms with E-state index in [1.54, 1.807) is 28.4 Å². The minimum Gasteiger partial charge on any atom is -0.497 e. The van der Waals surface area contributed by atoms with Crippen molar-refractivity contribution >= 4 is 11.6 Å². The lowest BCUT2D eigenvalue weighted by molar-refractivity contribution is 0.355. The number of aromatic amines is 1. The number of aliphatic imine (C=N–C) groups is 1. The number of aromatic nitrogens is 3. The van der Waals surface area contributed by atoms with E-state index in [1.165, 1.54) is 0 Å². The molecule has 2 aromatic carbocycles. The fourth-order valence-electron chi connectivity index (χ4n) is 2.64. The summed E-state index contributed by atoms with van der Waals surface area (Å²) < 4.78 is 15.7. The lowest BCUT2D eigenvalue weighted by atomic mass is 10.2. The van der Waals surface area contributed by atoms with Gasteiger partial charge >= 0.3 is 0 Å². The number of hydrogen-bond acceptors (Lipinski definition) is 6. The summed E-state index contributed by atoms with van der Waals surface area (Å²) in [6.07, 6.45) is 0. The van der Waals surface area contributed by atoms with Crippen molar-refractivity contribution in [2.45, 2.75) is 6.54 Å². The molecule has 29 heavy (non-hydrogen) atoms. The van der Waals surface area contributed by atoms with Crippen LogP contribution in [0.15, 0.2) is 47.5 Å². The van der Waals surface area contributed by atoms with E-state index in [9.17, 15) is 0 Å². The first-order valence-electron chi connectivity index (χ1n) is 8.92. The first kappa shape index (κ1) is 20.0. The van der Waals surface area contributed by atoms with Crippen LogP contribution in [-0.2, 0) is 6.54 Å². The Labute approximate surface area is 169 Å². The second-order valence-corrected chi connectivity index (χ2v) is 5.95. The van der Waals surface area contributed by atoms with Crippen LogP contribution in [0.5, 0.6) is 17.2 Å². The zero-order valence-electron chi connectivity index (χ0n) is 16.8. The molecular formula is C20H24N6O3. The summed E-state index contributed by atoms with van der Waals surface area (Å²) in [7, 11) is 6.52. The van der Waals surface area contributed by atoms with Gasteiger partial charge in [-0.2, -0.15) is 5.10 Å². The normalized spacial score (nSPS) is 11.1. The van der Waals surface area contributed by atoms with Gasteiger partial charge in [-0.15, -0.1) is 0 Å². The van der Waals surface area contributed by atoms with Crippen molar-refractivity contribution in [2.75, 3.05) is 33.7 Å². The Kier molecular flexibility index (Phi) is 6.51. The molecule has 0 aliphatic carbocycles. The Balaban J connectivity index is 1.62. The van der Waals surface area contributed by atoms with E-state index < -0.39 is 0 Å². The Morgan fingerprint density at radius 2 is 1.76 bits per heavy atom. The zero-order chi connectivity index (χ0) is 20.6. The number of methoxy groups -OCH3 is 3. The minimum atomic E-state index is 0.427. The molecule has 3 N–H and O–H groups in total. The van der Waals surface area contributed by atoms with Crippen LogP contribution in [0.4, 0.5) is 5.69 Å². The van der Waals surface area contributed by atoms with Crippen LogP contribution < -0.4 is 24.8 Å². The second-order valence-electron chi connectivity index (χ2n) is 5.95. The van der Waals surface area contributed by atoms with E-state index >= 15 is 0 Å². The van der Waals surface area contributed by atoms with Gasteiger partial charge in [-0.25, -0.2) is 4.98 Å². The number of nitrogens with one attached hydrogen (secondary N) is 3. The van der Waals surface area contributed by atoms with Crippen molar-refractivity contribution in [3.63, 3.8) is 0 Å². The number of benzene rings is 2. The van der Waals surface area contributed by atoms with Crippen molar-refractivity contribution in [3.05, 3.63) is 48.3 Å². The first-order chi connectivity index (χ1) is 14.2. The molecule has 0 atom stereocenters. The molecule has 1 heterocycles. The van der Waals surface area contributed by atoms with Crippen molar-refractivity contribution in [2.24, 2.45) is 4.99 Å². The number of ether oxygens (including phenoxy) is 3. The Morgan fingerprint density at radius 3 is 2.41 bits per heavy atom. The lowest BCUT2D eigenvalue weighted by Crippen LogP contribution is -2.30. The third kappa shape index (κ3) is 4.95. The van der Waals surface area contributed by atoms with Gasteiger partial charge in [-0.1, -0.05) is 0 Å². The summed E-state index contributed by atoms with van der Waals surface area (Å²) in [5.41, 5.74) is 1.72. The van der Waals surface area contributed by atoms with Gasteiger partial charge in [0.15, 0.2) is 23.3 Å². The van der Waals surface area contributed by atoms with Gasteiger partial charge in [0.05, 0.1) is 27.9 Å². The number of nitrogens with zero attached hydrogens (tertiary/aromatic N) is 3. The van der Waals surface area contributed by atoms with Gasteiger partial charge in [0.25, 0.3) is 0 Å². The number of anilines is 1. The molecule has 0 bridgehead atoms. The quantitative estimate of drug-likeness (QED) is 0.416. The molecule has 152 valence electrons. The zero-order valence-corrected chi connectivity index (χ0v) is 16.8. The lowest BCUT2D eigenvalue weighted by Gasteiger charge is -2.13. The molecule has 0 spiro atoms. The maximum absolute atomic E-state index is 5.32. The first-order valence-corrected chi connectivity index (χ1v) is 8.92. The van der Waals surface area contributed by atoms with E-state index in [-0.39, 0.29) is 0 Å². The molecular weight excluding hydrogens is 372 g/mol. The van der Waals surface area contributed by atoms with Crippen molar-refractivity contribution in [3.8, 4) is 28.6 Å². The summed E-state index contributed by atoms with van der Waals surface area (Å²) in [5, 5.41) is 13.6. The molecule has 3 aromatic rings. The monoisotopic (exact) mass is 396 g/mol. The fraction of sp³-hybridized carbons (Fsp3) is 0.250. The summed E-state index contributed by atoms with van der Waals surface area (Å²) >= 11 is 0. The van der Waals surface area contributed by atoms with Crippen LogP contribution in [0.1, 0.15) is 5.82 Å². The van der Waals surface area contributed by atoms with Crippen LogP contribution in [0.2, 0.25) is 0 Å². The van der Waals surface area contributed by atoms with Crippen molar-refractivity contribution in [1.82, 2.24) is 20.5 Å². The average molecular weight is 396 g/mol. The predicted molar refractivity (Wildman–Crippen MR) is 112 cm³/mol. The average Bonchev–Trinajstić information content (AvgIpc) is 3.25. The summed E-state index contributed by atoms with van der Waals surface area (Å²) in [5.74, 6) is 3.97. The third-order valence-electron chi connectivity index (χ3n) is 4.17. The van der Waals surface area contributed by atoms with Gasteiger partial charge in [0.1, 0.15) is 11.6 Å². The largest absolute Gasteiger partial charge is 0.497 e. The molecule has 3 rings (SSSR count). The SMILES string of the molecule is CN=C(NCc1nc(-c2ccc(OC)cc2)n[nH]1)Nc1ccc(OC)c(OC)c1. The highest BCUT2D eigenvalue weighted by Gasteiger charge is 2.09. The number of hydrogen-bond donors (Lipinski definition) is 3. The molecule has 0 fully saturated rings. The van der Waals surface area contributed by atoms with Gasteiger partial charge in [0.2, 0.25) is 0 Å². The second kappa shape index (κ2) is 9.45. The molecule has 0 unspecified atom stereocenters. The number of rotatable bonds is 7. The maximum atomic E-state index is 5.32. The Bertz CT molecular complexity index is 969. The van der Waals surface area contributed by atoms with Crippen LogP contribution in [0, 0.1) is 0 Å². The number of guanidine groups is 1. The summed E-state index contributed by atoms with van der Waals surface area (Å²) in [6, 6.07) is 13.1. The molecule has 9 heteroatoms. The molecule has 1 aromatic heterocycles. The predicted octanol–water partition coefficient (Wildman–Crippen LogP) is 2.69. The molecule has 9 nitrogen and oxygen atoms in total. The molecule has 0 amide bonds. The molecule has 0 radical (unpaired) electrons. The van der Waals surface area contributed by atoms with Crippen LogP contribution >= 0.6 is 0 Å². The fourth-order valence-corrected chi connectivity index (χ4v) is 2.64. The van der Waals surface area contributed by atoms with Crippen molar-refractivity contribution < 1.29 is 14.2 Å². The summed E-state index contributed by atoms with van der Waals surface area (Å²) in [4.78, 5) is 8.74. The number of H-pyrrole nitrogens is 1. The van der Waals surface area contributed by atoms with Gasteiger partial charge in [-0.3, -0.25) is 10.1 Å². The Hall–Kier alpha value is -3.75. The summed E-state index contributed by atoms with van der Waals surface area (Å²) in [6.45, 7) is 0.427. The van der Waals surface area contributed by atoms with E-state index in [4.69, 9.17) is 14.2 Å². The van der Waals surface area contributed by atoms with Gasteiger partial charge in [-0.05, 0) is 36.4 Å². The molecule has 0 aliphatic rings. The maximum Gasteiger partial charge on any atom is 0.195 e.